The first kappa shape index (κ1) is 12.9. The van der Waals surface area contributed by atoms with E-state index in [4.69, 9.17) is 9.57 Å². The Morgan fingerprint density at radius 3 is 2.56 bits per heavy atom. The molecule has 3 heteroatoms. The van der Waals surface area contributed by atoms with Gasteiger partial charge in [-0.15, -0.1) is 0 Å². The number of benzene rings is 1. The van der Waals surface area contributed by atoms with Crippen molar-refractivity contribution < 1.29 is 9.57 Å². The third-order valence-electron chi connectivity index (χ3n) is 3.30. The molecule has 18 heavy (non-hydrogen) atoms. The van der Waals surface area contributed by atoms with Crippen molar-refractivity contribution in [2.24, 2.45) is 11.1 Å². The van der Waals surface area contributed by atoms with Crippen molar-refractivity contribution in [3.63, 3.8) is 0 Å². The van der Waals surface area contributed by atoms with E-state index >= 15 is 0 Å². The standard InChI is InChI=1S/C15H20NO2/c1-17-15-9-7-14(8-10-15)12-18-16-11-13-5-3-2-4-6-13/h7-10,13H,2-6,12H2,1H3. The van der Waals surface area contributed by atoms with Crippen molar-refractivity contribution in [2.45, 2.75) is 38.7 Å². The van der Waals surface area contributed by atoms with Crippen LogP contribution in [0.3, 0.4) is 0 Å². The van der Waals surface area contributed by atoms with E-state index in [1.54, 1.807) is 7.11 Å². The van der Waals surface area contributed by atoms with Gasteiger partial charge in [0, 0.05) is 5.92 Å². The van der Waals surface area contributed by atoms with Crippen LogP contribution in [0.25, 0.3) is 0 Å². The van der Waals surface area contributed by atoms with Gasteiger partial charge >= 0.3 is 0 Å². The molecule has 1 aliphatic carbocycles. The van der Waals surface area contributed by atoms with E-state index in [-0.39, 0.29) is 0 Å². The highest BCUT2D eigenvalue weighted by Crippen LogP contribution is 2.22. The minimum Gasteiger partial charge on any atom is -0.497 e. The van der Waals surface area contributed by atoms with Crippen molar-refractivity contribution in [2.75, 3.05) is 7.11 Å². The average molecular weight is 246 g/mol. The molecular weight excluding hydrogens is 226 g/mol. The molecule has 0 aliphatic heterocycles. The molecule has 0 amide bonds. The molecule has 1 radical (unpaired) electrons. The van der Waals surface area contributed by atoms with Crippen LogP contribution in [-0.4, -0.2) is 13.3 Å². The van der Waals surface area contributed by atoms with Gasteiger partial charge in [-0.2, -0.15) is 0 Å². The Labute approximate surface area is 109 Å². The van der Waals surface area contributed by atoms with E-state index in [2.05, 4.69) is 11.4 Å². The zero-order valence-electron chi connectivity index (χ0n) is 10.9. The molecule has 1 aromatic carbocycles. The van der Waals surface area contributed by atoms with Crippen LogP contribution < -0.4 is 4.74 Å². The highest BCUT2D eigenvalue weighted by Gasteiger charge is 2.11. The molecule has 0 saturated heterocycles. The van der Waals surface area contributed by atoms with Crippen LogP contribution in [0.5, 0.6) is 5.75 Å². The van der Waals surface area contributed by atoms with Crippen LogP contribution in [0.4, 0.5) is 0 Å². The Hall–Kier alpha value is -1.51. The molecule has 1 aliphatic rings. The maximum absolute atomic E-state index is 5.27. The second-order valence-electron chi connectivity index (χ2n) is 4.68. The minimum absolute atomic E-state index is 0.490. The van der Waals surface area contributed by atoms with Crippen molar-refractivity contribution in [3.8, 4) is 5.75 Å². The van der Waals surface area contributed by atoms with Crippen LogP contribution in [0, 0.1) is 5.92 Å². The van der Waals surface area contributed by atoms with Gasteiger partial charge in [0.15, 0.2) is 0 Å². The smallest absolute Gasteiger partial charge is 0.142 e. The molecule has 2 rings (SSSR count). The predicted molar refractivity (Wildman–Crippen MR) is 71.8 cm³/mol. The third kappa shape index (κ3) is 4.06. The third-order valence-corrected chi connectivity index (χ3v) is 3.30. The first-order valence-corrected chi connectivity index (χ1v) is 6.59. The summed E-state index contributed by atoms with van der Waals surface area (Å²) in [7, 11) is 1.66. The fraction of sp³-hybridized carbons (Fsp3) is 0.533. The van der Waals surface area contributed by atoms with Crippen molar-refractivity contribution >= 4 is 6.21 Å². The molecule has 0 unspecified atom stereocenters. The first-order valence-electron chi connectivity index (χ1n) is 6.59. The fourth-order valence-corrected chi connectivity index (χ4v) is 2.17. The van der Waals surface area contributed by atoms with Gasteiger partial charge in [-0.05, 0) is 30.5 Å². The number of rotatable bonds is 5. The maximum Gasteiger partial charge on any atom is 0.142 e. The normalized spacial score (nSPS) is 16.9. The summed E-state index contributed by atoms with van der Waals surface area (Å²) in [4.78, 5) is 5.27. The maximum atomic E-state index is 5.27. The molecule has 0 spiro atoms. The SMILES string of the molecule is COc1ccc(CO/N=[C]\C2CCCCC2)cc1. The zero-order chi connectivity index (χ0) is 12.6. The summed E-state index contributed by atoms with van der Waals surface area (Å²) in [6.07, 6.45) is 9.45. The van der Waals surface area contributed by atoms with Crippen LogP contribution in [0.15, 0.2) is 29.4 Å². The molecule has 97 valence electrons. The first-order chi connectivity index (χ1) is 8.88. The monoisotopic (exact) mass is 246 g/mol. The van der Waals surface area contributed by atoms with E-state index in [9.17, 15) is 0 Å². The van der Waals surface area contributed by atoms with Gasteiger partial charge in [-0.3, -0.25) is 0 Å². The molecule has 0 bridgehead atoms. The Balaban J connectivity index is 1.71. The van der Waals surface area contributed by atoms with Crippen molar-refractivity contribution in [1.82, 2.24) is 0 Å². The lowest BCUT2D eigenvalue weighted by Crippen LogP contribution is -2.07. The molecule has 3 nitrogen and oxygen atoms in total. The number of hydrogen-bond acceptors (Lipinski definition) is 3. The van der Waals surface area contributed by atoms with E-state index < -0.39 is 0 Å². The van der Waals surface area contributed by atoms with Crippen LogP contribution in [0.1, 0.15) is 37.7 Å². The Bertz CT molecular complexity index is 367. The zero-order valence-corrected chi connectivity index (χ0v) is 10.9. The molecule has 1 saturated carbocycles. The Morgan fingerprint density at radius 2 is 1.89 bits per heavy atom. The van der Waals surface area contributed by atoms with Gasteiger partial charge in [-0.25, -0.2) is 0 Å². The number of nitrogens with zero attached hydrogens (tertiary/aromatic N) is 1. The van der Waals surface area contributed by atoms with Gasteiger partial charge in [0.25, 0.3) is 0 Å². The van der Waals surface area contributed by atoms with Gasteiger partial charge in [0.1, 0.15) is 18.6 Å². The summed E-state index contributed by atoms with van der Waals surface area (Å²) in [6.45, 7) is 0.490. The lowest BCUT2D eigenvalue weighted by Gasteiger charge is -2.15. The largest absolute Gasteiger partial charge is 0.497 e. The second-order valence-corrected chi connectivity index (χ2v) is 4.68. The molecule has 0 N–H and O–H groups in total. The van der Waals surface area contributed by atoms with Gasteiger partial charge in [-0.1, -0.05) is 36.6 Å². The highest BCUT2D eigenvalue weighted by atomic mass is 16.6. The summed E-state index contributed by atoms with van der Waals surface area (Å²) in [5.41, 5.74) is 1.09. The minimum atomic E-state index is 0.490. The number of methoxy groups -OCH3 is 1. The lowest BCUT2D eigenvalue weighted by atomic mass is 9.90. The van der Waals surface area contributed by atoms with Crippen LogP contribution in [-0.2, 0) is 11.4 Å². The topological polar surface area (TPSA) is 30.8 Å². The predicted octanol–water partition coefficient (Wildman–Crippen LogP) is 3.65. The highest BCUT2D eigenvalue weighted by molar-refractivity contribution is 5.59. The van der Waals surface area contributed by atoms with E-state index in [0.717, 1.165) is 11.3 Å². The van der Waals surface area contributed by atoms with Crippen LogP contribution >= 0.6 is 0 Å². The summed E-state index contributed by atoms with van der Waals surface area (Å²) < 4.78 is 5.10. The van der Waals surface area contributed by atoms with E-state index in [1.165, 1.54) is 32.1 Å². The fourth-order valence-electron chi connectivity index (χ4n) is 2.17. The lowest BCUT2D eigenvalue weighted by molar-refractivity contribution is 0.130. The van der Waals surface area contributed by atoms with Crippen LogP contribution in [0.2, 0.25) is 0 Å². The second kappa shape index (κ2) is 7.04. The van der Waals surface area contributed by atoms with Gasteiger partial charge < -0.3 is 9.57 Å². The summed E-state index contributed by atoms with van der Waals surface area (Å²) >= 11 is 0. The van der Waals surface area contributed by atoms with Crippen molar-refractivity contribution in [1.29, 1.82) is 0 Å². The summed E-state index contributed by atoms with van der Waals surface area (Å²) in [5.74, 6) is 1.35. The van der Waals surface area contributed by atoms with E-state index in [0.29, 0.717) is 12.5 Å². The average Bonchev–Trinajstić information content (AvgIpc) is 2.45. The summed E-state index contributed by atoms with van der Waals surface area (Å²) in [5, 5.41) is 3.95. The molecule has 0 atom stereocenters. The number of hydrogen-bond donors (Lipinski definition) is 0. The molecule has 1 fully saturated rings. The Morgan fingerprint density at radius 1 is 1.17 bits per heavy atom. The van der Waals surface area contributed by atoms with Gasteiger partial charge in [0.05, 0.1) is 7.11 Å². The Kier molecular flexibility index (Phi) is 5.06. The number of ether oxygens (including phenoxy) is 1. The molecule has 0 aromatic heterocycles. The quantitative estimate of drug-likeness (QED) is 0.586. The molecule has 0 heterocycles. The van der Waals surface area contributed by atoms with Crippen molar-refractivity contribution in [3.05, 3.63) is 29.8 Å². The molecular formula is C15H20NO2. The molecule has 1 aromatic rings. The summed E-state index contributed by atoms with van der Waals surface area (Å²) in [6, 6.07) is 7.81. The van der Waals surface area contributed by atoms with Gasteiger partial charge in [0.2, 0.25) is 0 Å². The van der Waals surface area contributed by atoms with E-state index in [1.807, 2.05) is 24.3 Å².